The van der Waals surface area contributed by atoms with E-state index in [1.54, 1.807) is 0 Å². The van der Waals surface area contributed by atoms with Crippen molar-refractivity contribution in [2.75, 3.05) is 0 Å². The summed E-state index contributed by atoms with van der Waals surface area (Å²) in [6.45, 7) is 9.44. The molecule has 0 aromatic carbocycles. The van der Waals surface area contributed by atoms with Gasteiger partial charge in [0.2, 0.25) is 0 Å². The number of rotatable bonds is 40. The number of aromatic amines is 1. The molecule has 1 rings (SSSR count). The summed E-state index contributed by atoms with van der Waals surface area (Å²) in [6.07, 6.45) is 59.1. The van der Waals surface area contributed by atoms with Crippen LogP contribution in [0.3, 0.4) is 0 Å². The van der Waals surface area contributed by atoms with Gasteiger partial charge in [0, 0.05) is 0 Å². The first-order chi connectivity index (χ1) is 24.2. The van der Waals surface area contributed by atoms with Crippen molar-refractivity contribution in [2.45, 2.75) is 284 Å². The molecule has 0 saturated carbocycles. The van der Waals surface area contributed by atoms with Crippen LogP contribution in [-0.4, -0.2) is 4.98 Å². The topological polar surface area (TPSA) is 19.7 Å². The van der Waals surface area contributed by atoms with Crippen molar-refractivity contribution in [2.24, 2.45) is 0 Å². The van der Waals surface area contributed by atoms with Gasteiger partial charge >= 0.3 is 0 Å². The molecule has 1 aromatic heterocycles. The fourth-order valence-corrected chi connectivity index (χ4v) is 8.20. The van der Waals surface area contributed by atoms with E-state index in [9.17, 15) is 0 Å². The lowest BCUT2D eigenvalue weighted by atomic mass is 9.93. The average Bonchev–Trinajstić information content (AvgIpc) is 3.60. The molecule has 49 heavy (non-hydrogen) atoms. The summed E-state index contributed by atoms with van der Waals surface area (Å²) in [6, 6.07) is 0.618. The Morgan fingerprint density at radius 2 is 0.653 bits per heavy atom. The number of hydrogen-bond donors (Lipinski definition) is 1. The van der Waals surface area contributed by atoms with Crippen molar-refractivity contribution in [1.29, 1.82) is 0 Å². The Morgan fingerprint density at radius 1 is 0.388 bits per heavy atom. The third-order valence-electron chi connectivity index (χ3n) is 11.6. The Hall–Kier alpha value is -0.790. The van der Waals surface area contributed by atoms with E-state index in [-0.39, 0.29) is 0 Å². The van der Waals surface area contributed by atoms with Gasteiger partial charge in [-0.3, -0.25) is 0 Å². The smallest absolute Gasteiger partial charge is 0.247 e. The van der Waals surface area contributed by atoms with Crippen LogP contribution in [0, 0.1) is 0 Å². The van der Waals surface area contributed by atoms with Gasteiger partial charge < -0.3 is 0 Å². The Morgan fingerprint density at radius 3 is 0.959 bits per heavy atom. The summed E-state index contributed by atoms with van der Waals surface area (Å²) in [5.74, 6) is 2.25. The molecule has 2 nitrogen and oxygen atoms in total. The molecule has 0 aliphatic carbocycles. The molecule has 1 aromatic rings. The molecule has 2 atom stereocenters. The van der Waals surface area contributed by atoms with E-state index in [2.05, 4.69) is 49.6 Å². The first-order valence-electron chi connectivity index (χ1n) is 23.3. The van der Waals surface area contributed by atoms with Crippen molar-refractivity contribution in [3.63, 3.8) is 0 Å². The highest BCUT2D eigenvalue weighted by molar-refractivity contribution is 4.90. The highest BCUT2D eigenvalue weighted by Crippen LogP contribution is 2.27. The van der Waals surface area contributed by atoms with Crippen LogP contribution in [-0.2, 0) is 0 Å². The second kappa shape index (κ2) is 37.0. The van der Waals surface area contributed by atoms with E-state index in [0.29, 0.717) is 12.0 Å². The summed E-state index contributed by atoms with van der Waals surface area (Å²) in [5, 5.41) is 0. The minimum absolute atomic E-state index is 0.618. The zero-order valence-electron chi connectivity index (χ0n) is 34.6. The van der Waals surface area contributed by atoms with Crippen molar-refractivity contribution < 1.29 is 4.57 Å². The molecule has 0 aliphatic heterocycles. The molecule has 290 valence electrons. The van der Waals surface area contributed by atoms with Crippen molar-refractivity contribution in [1.82, 2.24) is 4.98 Å². The van der Waals surface area contributed by atoms with Crippen LogP contribution in [0.4, 0.5) is 0 Å². The van der Waals surface area contributed by atoms with E-state index in [0.717, 1.165) is 0 Å². The van der Waals surface area contributed by atoms with Gasteiger partial charge in [-0.25, -0.2) is 9.55 Å². The zero-order valence-corrected chi connectivity index (χ0v) is 34.6. The van der Waals surface area contributed by atoms with Crippen LogP contribution < -0.4 is 4.57 Å². The van der Waals surface area contributed by atoms with Gasteiger partial charge in [0.05, 0.1) is 12.0 Å². The number of nitrogens with zero attached hydrogens (tertiary/aromatic N) is 1. The highest BCUT2D eigenvalue weighted by atomic mass is 15.1. The first kappa shape index (κ1) is 46.2. The molecule has 0 saturated heterocycles. The molecule has 0 radical (unpaired) electrons. The van der Waals surface area contributed by atoms with Crippen molar-refractivity contribution >= 4 is 0 Å². The quantitative estimate of drug-likeness (QED) is 0.0524. The molecule has 2 heteroatoms. The monoisotopic (exact) mass is 686 g/mol. The summed E-state index contributed by atoms with van der Waals surface area (Å²) in [4.78, 5) is 3.76. The minimum atomic E-state index is 0.618. The summed E-state index contributed by atoms with van der Waals surface area (Å²) >= 11 is 0. The normalized spacial score (nSPS) is 13.0. The van der Waals surface area contributed by atoms with Gasteiger partial charge in [-0.15, -0.1) is 0 Å². The van der Waals surface area contributed by atoms with Crippen LogP contribution in [0.15, 0.2) is 12.4 Å². The summed E-state index contributed by atoms with van der Waals surface area (Å²) in [5.41, 5.74) is 0. The Balaban J connectivity index is 2.24. The van der Waals surface area contributed by atoms with Gasteiger partial charge in [-0.1, -0.05) is 239 Å². The van der Waals surface area contributed by atoms with E-state index < -0.39 is 0 Å². The highest BCUT2D eigenvalue weighted by Gasteiger charge is 2.25. The lowest BCUT2D eigenvalue weighted by Crippen LogP contribution is -2.41. The Labute approximate surface area is 310 Å². The Kier molecular flexibility index (Phi) is 34.9. The maximum Gasteiger partial charge on any atom is 0.257 e. The molecule has 0 aliphatic rings. The fourth-order valence-electron chi connectivity index (χ4n) is 8.20. The lowest BCUT2D eigenvalue weighted by molar-refractivity contribution is -0.727. The number of unbranched alkanes of at least 4 members (excludes halogenated alkanes) is 32. The van der Waals surface area contributed by atoms with Gasteiger partial charge in [-0.2, -0.15) is 0 Å². The number of imidazole rings is 1. The number of aromatic nitrogens is 2. The third-order valence-corrected chi connectivity index (χ3v) is 11.6. The van der Waals surface area contributed by atoms with E-state index in [1.807, 2.05) is 0 Å². The number of nitrogens with one attached hydrogen (secondary N) is 1. The molecule has 0 spiro atoms. The summed E-state index contributed by atoms with van der Waals surface area (Å²) < 4.78 is 2.64. The van der Waals surface area contributed by atoms with Gasteiger partial charge in [0.15, 0.2) is 0 Å². The second-order valence-corrected chi connectivity index (χ2v) is 16.5. The van der Waals surface area contributed by atoms with E-state index >= 15 is 0 Å². The van der Waals surface area contributed by atoms with Crippen LogP contribution in [0.2, 0.25) is 0 Å². The molecule has 1 heterocycles. The first-order valence-corrected chi connectivity index (χ1v) is 23.3. The molecule has 0 fully saturated rings. The minimum Gasteiger partial charge on any atom is -0.247 e. The standard InChI is InChI=1S/C47H92N2/c1-5-8-11-14-16-18-20-22-24-25-27-29-31-33-36-39-42-46(41-38-34-13-10-7-3)47-48-43-44-49(47)45(4)40-37-35-32-30-28-26-23-21-19-17-15-12-9-6-2/h43-46H,5-42H2,1-4H3/p+1. The van der Waals surface area contributed by atoms with Gasteiger partial charge in [0.1, 0.15) is 12.4 Å². The second-order valence-electron chi connectivity index (χ2n) is 16.5. The number of H-pyrrole nitrogens is 1. The zero-order chi connectivity index (χ0) is 35.3. The summed E-state index contributed by atoms with van der Waals surface area (Å²) in [7, 11) is 0. The van der Waals surface area contributed by atoms with E-state index in [1.165, 1.54) is 250 Å². The largest absolute Gasteiger partial charge is 0.257 e. The van der Waals surface area contributed by atoms with Crippen LogP contribution in [0.25, 0.3) is 0 Å². The number of hydrogen-bond acceptors (Lipinski definition) is 0. The SMILES string of the molecule is CCCCCCCCCCCCCCCCCCC(CCCCCCC)c1[nH]cc[n+]1C(C)CCCCCCCCCCCCCCCC. The van der Waals surface area contributed by atoms with Gasteiger partial charge in [-0.05, 0) is 32.6 Å². The Bertz CT molecular complexity index is 753. The van der Waals surface area contributed by atoms with Gasteiger partial charge in [0.25, 0.3) is 5.82 Å². The average molecular weight is 686 g/mol. The van der Waals surface area contributed by atoms with Crippen LogP contribution in [0.5, 0.6) is 0 Å². The third kappa shape index (κ3) is 28.5. The molecular weight excluding hydrogens is 593 g/mol. The molecular formula is C47H93N2+. The fraction of sp³-hybridized carbons (Fsp3) is 0.936. The van der Waals surface area contributed by atoms with Crippen molar-refractivity contribution in [3.8, 4) is 0 Å². The molecule has 1 N–H and O–H groups in total. The lowest BCUT2D eigenvalue weighted by Gasteiger charge is -2.17. The molecule has 2 unspecified atom stereocenters. The van der Waals surface area contributed by atoms with Crippen LogP contribution in [0.1, 0.15) is 289 Å². The van der Waals surface area contributed by atoms with Crippen LogP contribution >= 0.6 is 0 Å². The molecule has 0 bridgehead atoms. The molecule has 0 amide bonds. The predicted molar refractivity (Wildman–Crippen MR) is 221 cm³/mol. The van der Waals surface area contributed by atoms with E-state index in [4.69, 9.17) is 0 Å². The maximum atomic E-state index is 3.76. The van der Waals surface area contributed by atoms with Crippen molar-refractivity contribution in [3.05, 3.63) is 18.2 Å². The maximum absolute atomic E-state index is 3.76. The predicted octanol–water partition coefficient (Wildman–Crippen LogP) is 16.8.